The van der Waals surface area contributed by atoms with E-state index in [-0.39, 0.29) is 0 Å². The molecule has 0 aromatic heterocycles. The fraction of sp³-hybridized carbons (Fsp3) is 0.231. The van der Waals surface area contributed by atoms with Crippen LogP contribution in [-0.2, 0) is 0 Å². The van der Waals surface area contributed by atoms with Gasteiger partial charge in [-0.15, -0.1) is 0 Å². The Hall–Kier alpha value is -2.50. The maximum absolute atomic E-state index is 10.5. The predicted octanol–water partition coefficient (Wildman–Crippen LogP) is 1.76. The van der Waals surface area contributed by atoms with Crippen LogP contribution in [0.3, 0.4) is 0 Å². The Balaban J connectivity index is 2.82. The van der Waals surface area contributed by atoms with E-state index in [0.29, 0.717) is 17.2 Å². The van der Waals surface area contributed by atoms with Gasteiger partial charge in [-0.05, 0) is 30.7 Å². The maximum atomic E-state index is 10.5. The van der Waals surface area contributed by atoms with E-state index in [2.05, 4.69) is 10.5 Å². The molecule has 0 bridgehead atoms. The first-order chi connectivity index (χ1) is 9.06. The highest BCUT2D eigenvalue weighted by atomic mass is 16.5. The lowest BCUT2D eigenvalue weighted by Gasteiger charge is -2.07. The fourth-order valence-corrected chi connectivity index (χ4v) is 1.35. The first kappa shape index (κ1) is 14.6. The van der Waals surface area contributed by atoms with Crippen LogP contribution in [0.4, 0.5) is 4.79 Å². The topological polar surface area (TPSA) is 85.9 Å². The molecule has 19 heavy (non-hydrogen) atoms. The molecule has 6 nitrogen and oxygen atoms in total. The number of amides is 2. The van der Waals surface area contributed by atoms with E-state index >= 15 is 0 Å². The SMILES string of the molecule is COc1ccc(C=C/C(C)=N/NC(N)=O)cc1OC. The van der Waals surface area contributed by atoms with E-state index in [0.717, 1.165) is 5.56 Å². The van der Waals surface area contributed by atoms with Crippen molar-refractivity contribution < 1.29 is 14.3 Å². The monoisotopic (exact) mass is 263 g/mol. The highest BCUT2D eigenvalue weighted by Crippen LogP contribution is 2.27. The van der Waals surface area contributed by atoms with Crippen molar-refractivity contribution in [1.29, 1.82) is 0 Å². The van der Waals surface area contributed by atoms with Gasteiger partial charge in [0.15, 0.2) is 11.5 Å². The lowest BCUT2D eigenvalue weighted by molar-refractivity contribution is 0.249. The van der Waals surface area contributed by atoms with Crippen LogP contribution >= 0.6 is 0 Å². The van der Waals surface area contributed by atoms with Gasteiger partial charge in [-0.2, -0.15) is 5.10 Å². The third-order valence-electron chi connectivity index (χ3n) is 2.27. The van der Waals surface area contributed by atoms with Crippen LogP contribution in [0.15, 0.2) is 29.4 Å². The van der Waals surface area contributed by atoms with Crippen LogP contribution in [0.1, 0.15) is 12.5 Å². The predicted molar refractivity (Wildman–Crippen MR) is 74.4 cm³/mol. The van der Waals surface area contributed by atoms with E-state index in [4.69, 9.17) is 15.2 Å². The van der Waals surface area contributed by atoms with E-state index in [1.807, 2.05) is 24.3 Å². The lowest BCUT2D eigenvalue weighted by atomic mass is 10.1. The van der Waals surface area contributed by atoms with E-state index < -0.39 is 6.03 Å². The summed E-state index contributed by atoms with van der Waals surface area (Å²) in [4.78, 5) is 10.5. The van der Waals surface area contributed by atoms with Gasteiger partial charge in [-0.3, -0.25) is 0 Å². The van der Waals surface area contributed by atoms with Gasteiger partial charge in [0.25, 0.3) is 0 Å². The van der Waals surface area contributed by atoms with Gasteiger partial charge < -0.3 is 15.2 Å². The standard InChI is InChI=1S/C13H17N3O3/c1-9(15-16-13(14)17)4-5-10-6-7-11(18-2)12(8-10)19-3/h4-8H,1-3H3,(H3,14,16,17)/b5-4?,15-9+. The zero-order valence-corrected chi connectivity index (χ0v) is 11.1. The summed E-state index contributed by atoms with van der Waals surface area (Å²) in [7, 11) is 3.16. The second kappa shape index (κ2) is 7.05. The fourth-order valence-electron chi connectivity index (χ4n) is 1.35. The molecule has 102 valence electrons. The quantitative estimate of drug-likeness (QED) is 0.627. The number of carbonyl (C=O) groups is 1. The second-order valence-electron chi connectivity index (χ2n) is 3.68. The summed E-state index contributed by atoms with van der Waals surface area (Å²) < 4.78 is 10.3. The van der Waals surface area contributed by atoms with Crippen LogP contribution in [-0.4, -0.2) is 26.0 Å². The number of primary amides is 1. The van der Waals surface area contributed by atoms with E-state index in [9.17, 15) is 4.79 Å². The molecule has 0 heterocycles. The van der Waals surface area contributed by atoms with Crippen molar-refractivity contribution in [2.75, 3.05) is 14.2 Å². The average molecular weight is 263 g/mol. The maximum Gasteiger partial charge on any atom is 0.332 e. The minimum Gasteiger partial charge on any atom is -0.493 e. The van der Waals surface area contributed by atoms with Crippen molar-refractivity contribution in [2.45, 2.75) is 6.92 Å². The number of nitrogens with one attached hydrogen (secondary N) is 1. The summed E-state index contributed by atoms with van der Waals surface area (Å²) in [5, 5.41) is 3.76. The summed E-state index contributed by atoms with van der Waals surface area (Å²) in [6.45, 7) is 1.74. The third-order valence-corrected chi connectivity index (χ3v) is 2.27. The summed E-state index contributed by atoms with van der Waals surface area (Å²) in [6, 6.07) is 4.84. The summed E-state index contributed by atoms with van der Waals surface area (Å²) >= 11 is 0. The zero-order valence-electron chi connectivity index (χ0n) is 11.1. The van der Waals surface area contributed by atoms with Gasteiger partial charge in [0, 0.05) is 0 Å². The molecule has 0 spiro atoms. The van der Waals surface area contributed by atoms with Crippen LogP contribution in [0.25, 0.3) is 6.08 Å². The van der Waals surface area contributed by atoms with Gasteiger partial charge in [-0.1, -0.05) is 12.1 Å². The second-order valence-corrected chi connectivity index (χ2v) is 3.68. The number of benzene rings is 1. The van der Waals surface area contributed by atoms with Crippen molar-refractivity contribution in [1.82, 2.24) is 5.43 Å². The number of methoxy groups -OCH3 is 2. The molecule has 0 atom stereocenters. The number of carbonyl (C=O) groups excluding carboxylic acids is 1. The normalized spacial score (nSPS) is 11.4. The molecule has 1 rings (SSSR count). The molecule has 0 aliphatic carbocycles. The Kier molecular flexibility index (Phi) is 5.40. The molecule has 0 saturated carbocycles. The minimum atomic E-state index is -0.695. The van der Waals surface area contributed by atoms with Crippen LogP contribution < -0.4 is 20.6 Å². The molecular formula is C13H17N3O3. The number of urea groups is 1. The Morgan fingerprint density at radius 2 is 2.00 bits per heavy atom. The van der Waals surface area contributed by atoms with Crippen molar-refractivity contribution in [3.63, 3.8) is 0 Å². The van der Waals surface area contributed by atoms with Crippen LogP contribution in [0.2, 0.25) is 0 Å². The van der Waals surface area contributed by atoms with Gasteiger partial charge in [-0.25, -0.2) is 10.2 Å². The molecule has 0 fully saturated rings. The zero-order chi connectivity index (χ0) is 14.3. The number of nitrogens with two attached hydrogens (primary N) is 1. The van der Waals surface area contributed by atoms with Crippen molar-refractivity contribution in [3.05, 3.63) is 29.8 Å². The van der Waals surface area contributed by atoms with Crippen molar-refractivity contribution >= 4 is 17.8 Å². The van der Waals surface area contributed by atoms with Gasteiger partial charge in [0.1, 0.15) is 0 Å². The number of nitrogens with zero attached hydrogens (tertiary/aromatic N) is 1. The summed E-state index contributed by atoms with van der Waals surface area (Å²) in [6.07, 6.45) is 3.58. The molecule has 6 heteroatoms. The average Bonchev–Trinajstić information content (AvgIpc) is 2.42. The molecule has 1 aromatic carbocycles. The third kappa shape index (κ3) is 4.71. The highest BCUT2D eigenvalue weighted by Gasteiger charge is 2.02. The minimum absolute atomic E-state index is 0.619. The van der Waals surface area contributed by atoms with Crippen molar-refractivity contribution in [3.8, 4) is 11.5 Å². The Bertz CT molecular complexity index is 510. The molecule has 0 saturated heterocycles. The van der Waals surface area contributed by atoms with Gasteiger partial charge >= 0.3 is 6.03 Å². The van der Waals surface area contributed by atoms with Gasteiger partial charge in [0.2, 0.25) is 0 Å². The number of allylic oxidation sites excluding steroid dienone is 1. The molecule has 0 aliphatic heterocycles. The number of hydrazone groups is 1. The number of hydrogen-bond donors (Lipinski definition) is 2. The van der Waals surface area contributed by atoms with Gasteiger partial charge in [0.05, 0.1) is 19.9 Å². The largest absolute Gasteiger partial charge is 0.493 e. The Labute approximate surface area is 111 Å². The Morgan fingerprint density at radius 3 is 2.58 bits per heavy atom. The number of hydrogen-bond acceptors (Lipinski definition) is 4. The summed E-state index contributed by atoms with van der Waals surface area (Å²) in [5.41, 5.74) is 8.60. The van der Waals surface area contributed by atoms with Crippen molar-refractivity contribution in [2.24, 2.45) is 10.8 Å². The number of ether oxygens (including phenoxy) is 2. The molecule has 0 radical (unpaired) electrons. The molecule has 2 amide bonds. The number of rotatable bonds is 5. The van der Waals surface area contributed by atoms with E-state index in [1.54, 1.807) is 27.2 Å². The van der Waals surface area contributed by atoms with E-state index in [1.165, 1.54) is 0 Å². The first-order valence-electron chi connectivity index (χ1n) is 5.56. The first-order valence-corrected chi connectivity index (χ1v) is 5.56. The highest BCUT2D eigenvalue weighted by molar-refractivity contribution is 5.96. The van der Waals surface area contributed by atoms with Crippen LogP contribution in [0, 0.1) is 0 Å². The van der Waals surface area contributed by atoms with Crippen LogP contribution in [0.5, 0.6) is 11.5 Å². The Morgan fingerprint density at radius 1 is 1.32 bits per heavy atom. The summed E-state index contributed by atoms with van der Waals surface area (Å²) in [5.74, 6) is 1.31. The molecule has 0 aliphatic rings. The molecule has 0 unspecified atom stereocenters. The lowest BCUT2D eigenvalue weighted by Crippen LogP contribution is -2.25. The molecule has 1 aromatic rings. The molecular weight excluding hydrogens is 246 g/mol. The molecule has 3 N–H and O–H groups in total. The smallest absolute Gasteiger partial charge is 0.332 e.